The van der Waals surface area contributed by atoms with Crippen molar-refractivity contribution in [2.24, 2.45) is 5.92 Å². The minimum absolute atomic E-state index is 0.153. The highest BCUT2D eigenvalue weighted by atomic mass is 16.5. The van der Waals surface area contributed by atoms with Crippen molar-refractivity contribution in [2.75, 3.05) is 13.1 Å². The fourth-order valence-electron chi connectivity index (χ4n) is 2.86. The predicted octanol–water partition coefficient (Wildman–Crippen LogP) is 2.88. The molecule has 0 saturated carbocycles. The Morgan fingerprint density at radius 1 is 1.00 bits per heavy atom. The normalized spacial score (nSPS) is 15.0. The molecule has 4 heteroatoms. The Bertz CT molecular complexity index is 634. The van der Waals surface area contributed by atoms with Crippen molar-refractivity contribution >= 4 is 5.91 Å². The van der Waals surface area contributed by atoms with Crippen LogP contribution in [0.1, 0.15) is 24.0 Å². The minimum Gasteiger partial charge on any atom is -0.489 e. The zero-order valence-electron chi connectivity index (χ0n) is 13.8. The summed E-state index contributed by atoms with van der Waals surface area (Å²) in [6.07, 6.45) is 1.86. The molecule has 3 rings (SSSR count). The van der Waals surface area contributed by atoms with E-state index in [1.54, 1.807) is 0 Å². The van der Waals surface area contributed by atoms with Gasteiger partial charge in [-0.1, -0.05) is 42.5 Å². The number of rotatable bonds is 6. The van der Waals surface area contributed by atoms with Gasteiger partial charge in [-0.15, -0.1) is 0 Å². The number of hydrogen-bond donors (Lipinski definition) is 2. The van der Waals surface area contributed by atoms with E-state index in [1.807, 2.05) is 54.6 Å². The lowest BCUT2D eigenvalue weighted by atomic mass is 9.97. The second-order valence-electron chi connectivity index (χ2n) is 6.16. The standard InChI is InChI=1S/C20H24N2O2/c23-20(18-10-12-21-13-11-18)22-14-16-6-8-19(9-7-16)24-15-17-4-2-1-3-5-17/h1-9,18,21H,10-15H2,(H,22,23). The lowest BCUT2D eigenvalue weighted by Gasteiger charge is -2.21. The zero-order valence-corrected chi connectivity index (χ0v) is 13.8. The molecule has 0 radical (unpaired) electrons. The number of ether oxygens (including phenoxy) is 1. The Morgan fingerprint density at radius 2 is 1.71 bits per heavy atom. The molecular weight excluding hydrogens is 300 g/mol. The van der Waals surface area contributed by atoms with Crippen molar-refractivity contribution in [3.05, 3.63) is 65.7 Å². The Labute approximate surface area is 143 Å². The van der Waals surface area contributed by atoms with Gasteiger partial charge in [0.25, 0.3) is 0 Å². The molecule has 0 atom stereocenters. The van der Waals surface area contributed by atoms with Crippen LogP contribution in [0.5, 0.6) is 5.75 Å². The summed E-state index contributed by atoms with van der Waals surface area (Å²) in [5.74, 6) is 1.16. The number of amides is 1. The van der Waals surface area contributed by atoms with Gasteiger partial charge in [0.2, 0.25) is 5.91 Å². The number of benzene rings is 2. The van der Waals surface area contributed by atoms with E-state index in [-0.39, 0.29) is 11.8 Å². The van der Waals surface area contributed by atoms with Crippen LogP contribution in [0.25, 0.3) is 0 Å². The van der Waals surface area contributed by atoms with Gasteiger partial charge in [-0.05, 0) is 49.2 Å². The molecule has 0 spiro atoms. The van der Waals surface area contributed by atoms with E-state index < -0.39 is 0 Å². The van der Waals surface area contributed by atoms with Crippen molar-refractivity contribution in [3.8, 4) is 5.75 Å². The molecule has 0 bridgehead atoms. The van der Waals surface area contributed by atoms with Gasteiger partial charge in [0.1, 0.15) is 12.4 Å². The molecule has 2 aromatic carbocycles. The van der Waals surface area contributed by atoms with Crippen LogP contribution in [-0.4, -0.2) is 19.0 Å². The molecule has 0 unspecified atom stereocenters. The quantitative estimate of drug-likeness (QED) is 0.859. The molecule has 4 nitrogen and oxygen atoms in total. The Morgan fingerprint density at radius 3 is 2.42 bits per heavy atom. The maximum Gasteiger partial charge on any atom is 0.223 e. The first-order valence-electron chi connectivity index (χ1n) is 8.55. The summed E-state index contributed by atoms with van der Waals surface area (Å²) in [5, 5.41) is 6.32. The molecule has 24 heavy (non-hydrogen) atoms. The van der Waals surface area contributed by atoms with Crippen LogP contribution in [0.3, 0.4) is 0 Å². The summed E-state index contributed by atoms with van der Waals surface area (Å²) in [5.41, 5.74) is 2.24. The number of carbonyl (C=O) groups is 1. The smallest absolute Gasteiger partial charge is 0.223 e. The predicted molar refractivity (Wildman–Crippen MR) is 94.7 cm³/mol. The third kappa shape index (κ3) is 4.83. The molecule has 1 amide bonds. The fraction of sp³-hybridized carbons (Fsp3) is 0.350. The van der Waals surface area contributed by atoms with Crippen molar-refractivity contribution in [1.29, 1.82) is 0 Å². The second kappa shape index (κ2) is 8.50. The largest absolute Gasteiger partial charge is 0.489 e. The highest BCUT2D eigenvalue weighted by Crippen LogP contribution is 2.15. The Balaban J connectivity index is 1.45. The lowest BCUT2D eigenvalue weighted by Crippen LogP contribution is -2.37. The second-order valence-corrected chi connectivity index (χ2v) is 6.16. The molecule has 1 saturated heterocycles. The molecule has 1 fully saturated rings. The number of nitrogens with one attached hydrogen (secondary N) is 2. The number of piperidine rings is 1. The van der Waals surface area contributed by atoms with Gasteiger partial charge in [-0.25, -0.2) is 0 Å². The fourth-order valence-corrected chi connectivity index (χ4v) is 2.86. The van der Waals surface area contributed by atoms with Gasteiger partial charge in [0.15, 0.2) is 0 Å². The number of hydrogen-bond acceptors (Lipinski definition) is 3. The van der Waals surface area contributed by atoms with Crippen LogP contribution < -0.4 is 15.4 Å². The number of carbonyl (C=O) groups excluding carboxylic acids is 1. The van der Waals surface area contributed by atoms with Crippen LogP contribution in [0.4, 0.5) is 0 Å². The third-order valence-corrected chi connectivity index (χ3v) is 4.35. The minimum atomic E-state index is 0.153. The summed E-state index contributed by atoms with van der Waals surface area (Å²) in [7, 11) is 0. The zero-order chi connectivity index (χ0) is 16.6. The summed E-state index contributed by atoms with van der Waals surface area (Å²) in [6, 6.07) is 18.0. The molecule has 126 valence electrons. The monoisotopic (exact) mass is 324 g/mol. The maximum atomic E-state index is 12.1. The van der Waals surface area contributed by atoms with Crippen LogP contribution in [0.2, 0.25) is 0 Å². The first kappa shape index (κ1) is 16.5. The molecule has 1 aliphatic rings. The van der Waals surface area contributed by atoms with Crippen LogP contribution in [-0.2, 0) is 17.9 Å². The van der Waals surface area contributed by atoms with Crippen molar-refractivity contribution in [2.45, 2.75) is 26.0 Å². The molecule has 0 aromatic heterocycles. The molecule has 1 heterocycles. The van der Waals surface area contributed by atoms with Gasteiger partial charge < -0.3 is 15.4 Å². The highest BCUT2D eigenvalue weighted by molar-refractivity contribution is 5.78. The van der Waals surface area contributed by atoms with Crippen molar-refractivity contribution in [3.63, 3.8) is 0 Å². The van der Waals surface area contributed by atoms with E-state index in [2.05, 4.69) is 10.6 Å². The molecular formula is C20H24N2O2. The SMILES string of the molecule is O=C(NCc1ccc(OCc2ccccc2)cc1)C1CCNCC1. The van der Waals surface area contributed by atoms with E-state index in [0.717, 1.165) is 42.8 Å². The van der Waals surface area contributed by atoms with Crippen LogP contribution in [0.15, 0.2) is 54.6 Å². The highest BCUT2D eigenvalue weighted by Gasteiger charge is 2.20. The first-order valence-corrected chi connectivity index (χ1v) is 8.55. The van der Waals surface area contributed by atoms with Crippen LogP contribution >= 0.6 is 0 Å². The van der Waals surface area contributed by atoms with Gasteiger partial charge >= 0.3 is 0 Å². The van der Waals surface area contributed by atoms with Gasteiger partial charge in [-0.3, -0.25) is 4.79 Å². The third-order valence-electron chi connectivity index (χ3n) is 4.35. The van der Waals surface area contributed by atoms with E-state index >= 15 is 0 Å². The summed E-state index contributed by atoms with van der Waals surface area (Å²) in [6.45, 7) is 3.01. The van der Waals surface area contributed by atoms with Gasteiger partial charge in [-0.2, -0.15) is 0 Å². The maximum absolute atomic E-state index is 12.1. The summed E-state index contributed by atoms with van der Waals surface area (Å²) >= 11 is 0. The Hall–Kier alpha value is -2.33. The topological polar surface area (TPSA) is 50.4 Å². The van der Waals surface area contributed by atoms with Crippen molar-refractivity contribution in [1.82, 2.24) is 10.6 Å². The van der Waals surface area contributed by atoms with E-state index in [9.17, 15) is 4.79 Å². The average molecular weight is 324 g/mol. The van der Waals surface area contributed by atoms with Gasteiger partial charge in [0.05, 0.1) is 0 Å². The van der Waals surface area contributed by atoms with Crippen LogP contribution in [0, 0.1) is 5.92 Å². The first-order chi connectivity index (χ1) is 11.8. The molecule has 1 aliphatic heterocycles. The van der Waals surface area contributed by atoms with E-state index in [4.69, 9.17) is 4.74 Å². The molecule has 0 aliphatic carbocycles. The average Bonchev–Trinajstić information content (AvgIpc) is 2.67. The van der Waals surface area contributed by atoms with Gasteiger partial charge in [0, 0.05) is 12.5 Å². The summed E-state index contributed by atoms with van der Waals surface area (Å²) in [4.78, 5) is 12.1. The summed E-state index contributed by atoms with van der Waals surface area (Å²) < 4.78 is 5.77. The Kier molecular flexibility index (Phi) is 5.85. The molecule has 2 N–H and O–H groups in total. The van der Waals surface area contributed by atoms with Crippen molar-refractivity contribution < 1.29 is 9.53 Å². The van der Waals surface area contributed by atoms with E-state index in [0.29, 0.717) is 13.2 Å². The molecule has 2 aromatic rings. The lowest BCUT2D eigenvalue weighted by molar-refractivity contribution is -0.125. The van der Waals surface area contributed by atoms with E-state index in [1.165, 1.54) is 0 Å².